The normalized spacial score (nSPS) is 18.1. The summed E-state index contributed by atoms with van der Waals surface area (Å²) in [5.41, 5.74) is 2.93. The van der Waals surface area contributed by atoms with Crippen LogP contribution in [0.2, 0.25) is 0 Å². The van der Waals surface area contributed by atoms with Gasteiger partial charge in [-0.05, 0) is 45.2 Å². The molecule has 0 spiro atoms. The Hall–Kier alpha value is -1.88. The summed E-state index contributed by atoms with van der Waals surface area (Å²) in [6.45, 7) is 15.3. The highest BCUT2D eigenvalue weighted by Gasteiger charge is 2.24. The van der Waals surface area contributed by atoms with Crippen molar-refractivity contribution in [3.8, 4) is 0 Å². The number of piperidine rings is 1. The quantitative estimate of drug-likeness (QED) is 0.573. The standard InChI is InChI=1S/C21H33N3O2/c1-6-9-24-16(4)11-19(17(24)5)20(25)14-23-10-7-8-18(13-23)12-22-21(26)15(2)3/h6,11,15,18H,1,7-10,12-14H2,2-5H3,(H,22,26). The molecule has 0 radical (unpaired) electrons. The van der Waals surface area contributed by atoms with Crippen molar-refractivity contribution < 1.29 is 9.59 Å². The van der Waals surface area contributed by atoms with Gasteiger partial charge in [0.15, 0.2) is 5.78 Å². The molecule has 1 saturated heterocycles. The van der Waals surface area contributed by atoms with Gasteiger partial charge in [-0.1, -0.05) is 19.9 Å². The number of amides is 1. The van der Waals surface area contributed by atoms with Crippen molar-refractivity contribution in [2.45, 2.75) is 47.1 Å². The molecule has 0 bridgehead atoms. The van der Waals surface area contributed by atoms with Gasteiger partial charge in [-0.15, -0.1) is 6.58 Å². The lowest BCUT2D eigenvalue weighted by Gasteiger charge is -2.32. The van der Waals surface area contributed by atoms with Gasteiger partial charge in [-0.25, -0.2) is 0 Å². The molecule has 1 atom stereocenters. The van der Waals surface area contributed by atoms with E-state index in [0.29, 0.717) is 19.0 Å². The molecule has 1 aromatic heterocycles. The number of allylic oxidation sites excluding steroid dienone is 1. The van der Waals surface area contributed by atoms with E-state index < -0.39 is 0 Å². The molecular formula is C21H33N3O2. The van der Waals surface area contributed by atoms with Crippen LogP contribution in [0.25, 0.3) is 0 Å². The highest BCUT2D eigenvalue weighted by atomic mass is 16.1. The molecule has 1 fully saturated rings. The van der Waals surface area contributed by atoms with E-state index in [1.165, 1.54) is 0 Å². The molecule has 1 unspecified atom stereocenters. The van der Waals surface area contributed by atoms with Gasteiger partial charge < -0.3 is 9.88 Å². The van der Waals surface area contributed by atoms with Crippen molar-refractivity contribution >= 4 is 11.7 Å². The van der Waals surface area contributed by atoms with Crippen LogP contribution in [0.4, 0.5) is 0 Å². The van der Waals surface area contributed by atoms with Gasteiger partial charge in [-0.3, -0.25) is 14.5 Å². The Kier molecular flexibility index (Phi) is 7.21. The molecule has 1 aliphatic rings. The minimum atomic E-state index is 0.0158. The smallest absolute Gasteiger partial charge is 0.222 e. The van der Waals surface area contributed by atoms with Crippen molar-refractivity contribution in [1.82, 2.24) is 14.8 Å². The zero-order valence-electron chi connectivity index (χ0n) is 16.7. The molecule has 1 aromatic rings. The maximum absolute atomic E-state index is 12.8. The highest BCUT2D eigenvalue weighted by molar-refractivity contribution is 5.99. The molecule has 2 heterocycles. The number of carbonyl (C=O) groups is 2. The number of carbonyl (C=O) groups excluding carboxylic acids is 2. The van der Waals surface area contributed by atoms with E-state index in [1.54, 1.807) is 0 Å². The fraction of sp³-hybridized carbons (Fsp3) is 0.619. The van der Waals surface area contributed by atoms with Gasteiger partial charge in [0.1, 0.15) is 0 Å². The average molecular weight is 360 g/mol. The first-order chi connectivity index (χ1) is 12.3. The molecule has 1 N–H and O–H groups in total. The fourth-order valence-electron chi connectivity index (χ4n) is 3.69. The molecule has 1 aliphatic heterocycles. The monoisotopic (exact) mass is 359 g/mol. The van der Waals surface area contributed by atoms with Crippen LogP contribution < -0.4 is 5.32 Å². The average Bonchev–Trinajstić information content (AvgIpc) is 2.88. The van der Waals surface area contributed by atoms with Gasteiger partial charge in [0.2, 0.25) is 5.91 Å². The second-order valence-electron chi connectivity index (χ2n) is 7.75. The molecular weight excluding hydrogens is 326 g/mol. The number of nitrogens with zero attached hydrogens (tertiary/aromatic N) is 2. The van der Waals surface area contributed by atoms with Crippen LogP contribution in [-0.2, 0) is 11.3 Å². The third-order valence-electron chi connectivity index (χ3n) is 5.25. The Morgan fingerprint density at radius 3 is 2.77 bits per heavy atom. The van der Waals surface area contributed by atoms with E-state index in [1.807, 2.05) is 39.8 Å². The summed E-state index contributed by atoms with van der Waals surface area (Å²) >= 11 is 0. The Balaban J connectivity index is 1.93. The minimum Gasteiger partial charge on any atom is -0.356 e. The lowest BCUT2D eigenvalue weighted by Crippen LogP contribution is -2.43. The maximum atomic E-state index is 12.8. The summed E-state index contributed by atoms with van der Waals surface area (Å²) in [6.07, 6.45) is 4.04. The zero-order chi connectivity index (χ0) is 19.3. The van der Waals surface area contributed by atoms with Gasteiger partial charge >= 0.3 is 0 Å². The first-order valence-corrected chi connectivity index (χ1v) is 9.64. The summed E-state index contributed by atoms with van der Waals surface area (Å²) < 4.78 is 2.13. The van der Waals surface area contributed by atoms with Gasteiger partial charge in [0.05, 0.1) is 6.54 Å². The molecule has 1 amide bonds. The van der Waals surface area contributed by atoms with Crippen molar-refractivity contribution in [3.63, 3.8) is 0 Å². The topological polar surface area (TPSA) is 54.3 Å². The summed E-state index contributed by atoms with van der Waals surface area (Å²) in [4.78, 5) is 26.8. The SMILES string of the molecule is C=CCn1c(C)cc(C(=O)CN2CCCC(CNC(=O)C(C)C)C2)c1C. The van der Waals surface area contributed by atoms with Gasteiger partial charge in [0, 0.05) is 42.5 Å². The number of rotatable bonds is 8. The van der Waals surface area contributed by atoms with E-state index in [9.17, 15) is 9.59 Å². The van der Waals surface area contributed by atoms with Crippen molar-refractivity contribution in [2.24, 2.45) is 11.8 Å². The molecule has 0 aromatic carbocycles. The van der Waals surface area contributed by atoms with E-state index in [2.05, 4.69) is 21.4 Å². The number of aromatic nitrogens is 1. The summed E-state index contributed by atoms with van der Waals surface area (Å²) in [5.74, 6) is 0.725. The molecule has 26 heavy (non-hydrogen) atoms. The fourth-order valence-corrected chi connectivity index (χ4v) is 3.69. The lowest BCUT2D eigenvalue weighted by molar-refractivity contribution is -0.124. The van der Waals surface area contributed by atoms with Crippen LogP contribution in [0.5, 0.6) is 0 Å². The molecule has 2 rings (SSSR count). The van der Waals surface area contributed by atoms with Crippen molar-refractivity contribution in [1.29, 1.82) is 0 Å². The Bertz CT molecular complexity index is 660. The van der Waals surface area contributed by atoms with Gasteiger partial charge in [0.25, 0.3) is 0 Å². The number of likely N-dealkylation sites (tertiary alicyclic amines) is 1. The van der Waals surface area contributed by atoms with E-state index in [4.69, 9.17) is 0 Å². The van der Waals surface area contributed by atoms with Crippen molar-refractivity contribution in [3.05, 3.63) is 35.7 Å². The molecule has 0 aliphatic carbocycles. The van der Waals surface area contributed by atoms with Crippen LogP contribution in [0, 0.1) is 25.7 Å². The number of ketones is 1. The highest BCUT2D eigenvalue weighted by Crippen LogP contribution is 2.19. The predicted octanol–water partition coefficient (Wildman–Crippen LogP) is 2.96. The Morgan fingerprint density at radius 2 is 2.12 bits per heavy atom. The first-order valence-electron chi connectivity index (χ1n) is 9.64. The Labute approximate surface area is 157 Å². The second kappa shape index (κ2) is 9.17. The molecule has 5 nitrogen and oxygen atoms in total. The third kappa shape index (κ3) is 5.07. The van der Waals surface area contributed by atoms with Crippen LogP contribution in [0.1, 0.15) is 48.4 Å². The predicted molar refractivity (Wildman–Crippen MR) is 105 cm³/mol. The number of hydrogen-bond acceptors (Lipinski definition) is 3. The number of hydrogen-bond donors (Lipinski definition) is 1. The maximum Gasteiger partial charge on any atom is 0.222 e. The number of Topliss-reactive ketones (excluding diaryl/α,β-unsaturated/α-hetero) is 1. The molecule has 144 valence electrons. The van der Waals surface area contributed by atoms with E-state index in [0.717, 1.165) is 49.4 Å². The molecule has 5 heteroatoms. The number of aryl methyl sites for hydroxylation is 1. The summed E-state index contributed by atoms with van der Waals surface area (Å²) in [5, 5.41) is 3.03. The summed E-state index contributed by atoms with van der Waals surface area (Å²) in [6, 6.07) is 1.99. The first kappa shape index (κ1) is 20.4. The van der Waals surface area contributed by atoms with Crippen molar-refractivity contribution in [2.75, 3.05) is 26.2 Å². The Morgan fingerprint density at radius 1 is 1.38 bits per heavy atom. The number of nitrogens with one attached hydrogen (secondary N) is 1. The minimum absolute atomic E-state index is 0.0158. The third-order valence-corrected chi connectivity index (χ3v) is 5.25. The van der Waals surface area contributed by atoms with Crippen LogP contribution in [-0.4, -0.2) is 47.3 Å². The summed E-state index contributed by atoms with van der Waals surface area (Å²) in [7, 11) is 0. The largest absolute Gasteiger partial charge is 0.356 e. The zero-order valence-corrected chi connectivity index (χ0v) is 16.7. The molecule has 0 saturated carbocycles. The van der Waals surface area contributed by atoms with Crippen LogP contribution >= 0.6 is 0 Å². The van der Waals surface area contributed by atoms with Gasteiger partial charge in [-0.2, -0.15) is 0 Å². The van der Waals surface area contributed by atoms with Crippen LogP contribution in [0.15, 0.2) is 18.7 Å². The van der Waals surface area contributed by atoms with E-state index >= 15 is 0 Å². The second-order valence-corrected chi connectivity index (χ2v) is 7.75. The van der Waals surface area contributed by atoms with E-state index in [-0.39, 0.29) is 17.6 Å². The van der Waals surface area contributed by atoms with Crippen LogP contribution in [0.3, 0.4) is 0 Å². The lowest BCUT2D eigenvalue weighted by atomic mass is 9.97.